The SMILES string of the molecule is c1ccc2c(c1)Oc1ccc(-c3ccc4c(c3)C3(c5ccccc5-c5ccccc53)c3c(-c5ccc6oc7ccccc7c6c5)cc5ccccc5c3-4)c3cccc-2c13. The smallest absolute Gasteiger partial charge is 0.135 e. The van der Waals surface area contributed by atoms with E-state index in [1.165, 1.54) is 88.5 Å². The maximum Gasteiger partial charge on any atom is 0.135 e. The van der Waals surface area contributed by atoms with E-state index in [0.29, 0.717) is 0 Å². The summed E-state index contributed by atoms with van der Waals surface area (Å²) in [7, 11) is 0. The third-order valence-electron chi connectivity index (χ3n) is 13.5. The Labute approximate surface area is 340 Å². The van der Waals surface area contributed by atoms with E-state index in [-0.39, 0.29) is 0 Å². The molecule has 0 bridgehead atoms. The summed E-state index contributed by atoms with van der Waals surface area (Å²) in [6.07, 6.45) is 0. The van der Waals surface area contributed by atoms with Gasteiger partial charge in [-0.15, -0.1) is 0 Å². The lowest BCUT2D eigenvalue weighted by molar-refractivity contribution is 0.487. The quantitative estimate of drug-likeness (QED) is 0.176. The fourth-order valence-corrected chi connectivity index (χ4v) is 11.1. The Morgan fingerprint density at radius 2 is 0.983 bits per heavy atom. The van der Waals surface area contributed by atoms with Gasteiger partial charge in [0.2, 0.25) is 0 Å². The number of para-hydroxylation sites is 2. The first-order valence-electron chi connectivity index (χ1n) is 20.4. The van der Waals surface area contributed by atoms with Crippen molar-refractivity contribution in [3.63, 3.8) is 0 Å². The molecule has 1 aliphatic heterocycles. The Balaban J connectivity index is 1.11. The highest BCUT2D eigenvalue weighted by Crippen LogP contribution is 2.66. The number of ether oxygens (including phenoxy) is 1. The first-order valence-corrected chi connectivity index (χ1v) is 20.4. The number of rotatable bonds is 2. The van der Waals surface area contributed by atoms with Gasteiger partial charge in [0.05, 0.1) is 5.41 Å². The van der Waals surface area contributed by atoms with E-state index in [1.54, 1.807) is 0 Å². The third-order valence-corrected chi connectivity index (χ3v) is 13.5. The first-order chi connectivity index (χ1) is 29.3. The van der Waals surface area contributed by atoms with E-state index in [0.717, 1.165) is 44.4 Å². The molecule has 272 valence electrons. The van der Waals surface area contributed by atoms with Crippen LogP contribution in [-0.4, -0.2) is 0 Å². The molecule has 2 aliphatic carbocycles. The average Bonchev–Trinajstić information content (AvgIpc) is 3.93. The van der Waals surface area contributed by atoms with Gasteiger partial charge in [0, 0.05) is 21.7 Å². The van der Waals surface area contributed by atoms with Gasteiger partial charge in [-0.1, -0.05) is 152 Å². The standard InChI is InChI=1S/C57H32O2/c1-2-13-37-33(12-1)30-45(34-25-28-52-46(31-34)41-17-6-10-23-51(41)58-52)56-55(37)44-26-24-35(32-49(44)57(56)47-20-7-3-14-38(47)39-15-4-8-21-48(39)57)36-27-29-53-54-42(36)18-11-19-43(54)40-16-5-9-22-50(40)59-53/h1-32H. The number of benzene rings is 10. The van der Waals surface area contributed by atoms with Crippen LogP contribution in [0.4, 0.5) is 0 Å². The van der Waals surface area contributed by atoms with Gasteiger partial charge in [-0.05, 0) is 131 Å². The van der Waals surface area contributed by atoms with Crippen molar-refractivity contribution >= 4 is 43.5 Å². The second kappa shape index (κ2) is 11.2. The van der Waals surface area contributed by atoms with E-state index in [2.05, 4.69) is 182 Å². The maximum absolute atomic E-state index is 6.55. The minimum absolute atomic E-state index is 0.574. The van der Waals surface area contributed by atoms with E-state index in [4.69, 9.17) is 9.15 Å². The zero-order valence-corrected chi connectivity index (χ0v) is 31.8. The molecule has 14 rings (SSSR count). The molecule has 0 radical (unpaired) electrons. The van der Waals surface area contributed by atoms with Gasteiger partial charge in [-0.25, -0.2) is 0 Å². The van der Waals surface area contributed by atoms with Gasteiger partial charge in [0.15, 0.2) is 0 Å². The fraction of sp³-hybridized carbons (Fsp3) is 0.0175. The zero-order valence-electron chi connectivity index (χ0n) is 31.8. The largest absolute Gasteiger partial charge is 0.456 e. The van der Waals surface area contributed by atoms with E-state index in [1.807, 2.05) is 12.1 Å². The molecule has 0 unspecified atom stereocenters. The second-order valence-corrected chi connectivity index (χ2v) is 16.2. The molecule has 59 heavy (non-hydrogen) atoms. The van der Waals surface area contributed by atoms with Crippen LogP contribution in [-0.2, 0) is 5.41 Å². The monoisotopic (exact) mass is 748 g/mol. The molecule has 2 nitrogen and oxygen atoms in total. The third kappa shape index (κ3) is 3.96. The van der Waals surface area contributed by atoms with Crippen molar-refractivity contribution in [3.8, 4) is 67.1 Å². The van der Waals surface area contributed by atoms with Gasteiger partial charge in [0.1, 0.15) is 22.7 Å². The van der Waals surface area contributed by atoms with Crippen LogP contribution in [0, 0.1) is 0 Å². The molecule has 3 aliphatic rings. The second-order valence-electron chi connectivity index (χ2n) is 16.2. The number of hydrogen-bond acceptors (Lipinski definition) is 2. The minimum atomic E-state index is -0.574. The fourth-order valence-electron chi connectivity index (χ4n) is 11.1. The Bertz CT molecular complexity index is 3610. The van der Waals surface area contributed by atoms with Crippen molar-refractivity contribution in [3.05, 3.63) is 216 Å². The topological polar surface area (TPSA) is 22.4 Å². The molecular formula is C57H32O2. The summed E-state index contributed by atoms with van der Waals surface area (Å²) in [4.78, 5) is 0. The van der Waals surface area contributed by atoms with Crippen LogP contribution in [0.15, 0.2) is 199 Å². The molecular weight excluding hydrogens is 717 g/mol. The van der Waals surface area contributed by atoms with Crippen LogP contribution >= 0.6 is 0 Å². The summed E-state index contributed by atoms with van der Waals surface area (Å²) in [5.41, 5.74) is 18.9. The van der Waals surface area contributed by atoms with Crippen molar-refractivity contribution in [1.82, 2.24) is 0 Å². The average molecular weight is 749 g/mol. The van der Waals surface area contributed by atoms with Gasteiger partial charge in [0.25, 0.3) is 0 Å². The van der Waals surface area contributed by atoms with E-state index in [9.17, 15) is 0 Å². The summed E-state index contributed by atoms with van der Waals surface area (Å²) in [5, 5.41) is 7.12. The maximum atomic E-state index is 6.55. The predicted molar refractivity (Wildman–Crippen MR) is 241 cm³/mol. The summed E-state index contributed by atoms with van der Waals surface area (Å²) in [6.45, 7) is 0. The lowest BCUT2D eigenvalue weighted by Gasteiger charge is -2.33. The molecule has 2 heterocycles. The van der Waals surface area contributed by atoms with Crippen LogP contribution in [0.3, 0.4) is 0 Å². The van der Waals surface area contributed by atoms with E-state index >= 15 is 0 Å². The van der Waals surface area contributed by atoms with Gasteiger partial charge < -0.3 is 9.15 Å². The highest BCUT2D eigenvalue weighted by molar-refractivity contribution is 6.14. The molecule has 0 atom stereocenters. The van der Waals surface area contributed by atoms with Gasteiger partial charge in [-0.3, -0.25) is 0 Å². The Morgan fingerprint density at radius 1 is 0.339 bits per heavy atom. The minimum Gasteiger partial charge on any atom is -0.456 e. The first kappa shape index (κ1) is 31.4. The van der Waals surface area contributed by atoms with Crippen LogP contribution < -0.4 is 4.74 Å². The highest BCUT2D eigenvalue weighted by atomic mass is 16.5. The van der Waals surface area contributed by atoms with Crippen LogP contribution in [0.5, 0.6) is 11.5 Å². The summed E-state index contributed by atoms with van der Waals surface area (Å²) >= 11 is 0. The molecule has 2 heteroatoms. The van der Waals surface area contributed by atoms with Gasteiger partial charge in [-0.2, -0.15) is 0 Å². The molecule has 1 aromatic heterocycles. The molecule has 0 N–H and O–H groups in total. The molecule has 0 amide bonds. The lowest BCUT2D eigenvalue weighted by atomic mass is 9.68. The number of furan rings is 1. The molecule has 0 saturated carbocycles. The van der Waals surface area contributed by atoms with Crippen LogP contribution in [0.25, 0.3) is 99.1 Å². The normalized spacial score (nSPS) is 13.7. The van der Waals surface area contributed by atoms with Gasteiger partial charge >= 0.3 is 0 Å². The lowest BCUT2D eigenvalue weighted by Crippen LogP contribution is -2.26. The molecule has 0 saturated heterocycles. The molecule has 11 aromatic rings. The highest BCUT2D eigenvalue weighted by Gasteiger charge is 2.53. The summed E-state index contributed by atoms with van der Waals surface area (Å²) in [6, 6.07) is 71.5. The summed E-state index contributed by atoms with van der Waals surface area (Å²) in [5.74, 6) is 1.81. The van der Waals surface area contributed by atoms with Crippen molar-refractivity contribution < 1.29 is 9.15 Å². The molecule has 0 fully saturated rings. The van der Waals surface area contributed by atoms with Crippen molar-refractivity contribution in [1.29, 1.82) is 0 Å². The van der Waals surface area contributed by atoms with Crippen molar-refractivity contribution in [2.45, 2.75) is 5.41 Å². The Kier molecular flexibility index (Phi) is 5.99. The Morgan fingerprint density at radius 3 is 1.85 bits per heavy atom. The number of hydrogen-bond donors (Lipinski definition) is 0. The van der Waals surface area contributed by atoms with Crippen LogP contribution in [0.1, 0.15) is 22.3 Å². The zero-order chi connectivity index (χ0) is 38.4. The predicted octanol–water partition coefficient (Wildman–Crippen LogP) is 15.3. The van der Waals surface area contributed by atoms with E-state index < -0.39 is 5.41 Å². The summed E-state index contributed by atoms with van der Waals surface area (Å²) < 4.78 is 12.9. The molecule has 10 aromatic carbocycles. The van der Waals surface area contributed by atoms with Crippen molar-refractivity contribution in [2.75, 3.05) is 0 Å². The molecule has 1 spiro atoms. The Hall–Kier alpha value is -7.68. The van der Waals surface area contributed by atoms with Crippen molar-refractivity contribution in [2.24, 2.45) is 0 Å². The number of fused-ring (bicyclic) bond motifs is 17. The van der Waals surface area contributed by atoms with Crippen LogP contribution in [0.2, 0.25) is 0 Å².